The van der Waals surface area contributed by atoms with Crippen LogP contribution in [-0.2, 0) is 5.41 Å². The summed E-state index contributed by atoms with van der Waals surface area (Å²) >= 11 is 0. The summed E-state index contributed by atoms with van der Waals surface area (Å²) in [6, 6.07) is 52.8. The lowest BCUT2D eigenvalue weighted by Crippen LogP contribution is -2.24. The highest BCUT2D eigenvalue weighted by Gasteiger charge is 2.32. The molecule has 6 aromatic carbocycles. The molecule has 8 aromatic rings. The van der Waals surface area contributed by atoms with E-state index in [1.54, 1.807) is 0 Å². The summed E-state index contributed by atoms with van der Waals surface area (Å²) in [4.78, 5) is 9.78. The molecule has 0 unspecified atom stereocenters. The van der Waals surface area contributed by atoms with E-state index in [1.807, 2.05) is 18.3 Å². The monoisotopic (exact) mass is 662 g/mol. The minimum absolute atomic E-state index is 0.420. The van der Waals surface area contributed by atoms with E-state index in [-0.39, 0.29) is 0 Å². The first-order chi connectivity index (χ1) is 25.0. The lowest BCUT2D eigenvalue weighted by Gasteiger charge is -2.29. The largest absolute Gasteiger partial charge is 0.457 e. The first-order valence-electron chi connectivity index (χ1n) is 17.3. The van der Waals surface area contributed by atoms with Crippen LogP contribution >= 0.6 is 0 Å². The van der Waals surface area contributed by atoms with Crippen LogP contribution in [0.25, 0.3) is 27.6 Å². The van der Waals surface area contributed by atoms with Crippen LogP contribution < -0.4 is 19.3 Å². The fourth-order valence-corrected chi connectivity index (χ4v) is 7.77. The summed E-state index contributed by atoms with van der Waals surface area (Å²) in [5.41, 5.74) is 8.13. The van der Waals surface area contributed by atoms with Crippen molar-refractivity contribution in [1.29, 1.82) is 0 Å². The van der Waals surface area contributed by atoms with Gasteiger partial charge in [-0.2, -0.15) is 0 Å². The Morgan fingerprint density at radius 1 is 0.549 bits per heavy atom. The van der Waals surface area contributed by atoms with E-state index in [0.29, 0.717) is 12.4 Å². The average Bonchev–Trinajstić information content (AvgIpc) is 3.71. The van der Waals surface area contributed by atoms with Gasteiger partial charge in [0, 0.05) is 39.6 Å². The van der Waals surface area contributed by atoms with Gasteiger partial charge in [-0.1, -0.05) is 92.7 Å². The van der Waals surface area contributed by atoms with Crippen molar-refractivity contribution < 1.29 is 9.47 Å². The molecule has 246 valence electrons. The van der Waals surface area contributed by atoms with Crippen LogP contribution in [0.2, 0.25) is 0 Å². The number of pyridine rings is 1. The summed E-state index contributed by atoms with van der Waals surface area (Å²) in [5.74, 6) is 3.80. The van der Waals surface area contributed by atoms with Gasteiger partial charge in [0.2, 0.25) is 0 Å². The summed E-state index contributed by atoms with van der Waals surface area (Å²) < 4.78 is 15.9. The van der Waals surface area contributed by atoms with Crippen molar-refractivity contribution in [2.75, 3.05) is 16.5 Å². The van der Waals surface area contributed by atoms with Crippen LogP contribution in [0.15, 0.2) is 158 Å². The fraction of sp³-hybridized carbons (Fsp3) is 0.0889. The Hall–Kier alpha value is -6.53. The van der Waals surface area contributed by atoms with Crippen LogP contribution in [0.1, 0.15) is 25.0 Å². The van der Waals surface area contributed by atoms with Gasteiger partial charge in [0.25, 0.3) is 0 Å². The molecule has 0 radical (unpaired) electrons. The number of hydrogen-bond donors (Lipinski definition) is 0. The Kier molecular flexibility index (Phi) is 6.49. The molecule has 0 amide bonds. The number of nitrogens with zero attached hydrogens (tertiary/aromatic N) is 4. The zero-order chi connectivity index (χ0) is 34.1. The number of para-hydroxylation sites is 5. The maximum absolute atomic E-state index is 7.04. The zero-order valence-electron chi connectivity index (χ0n) is 28.3. The molecule has 8 bridgehead atoms. The standard InChI is InChI=1S/C45H34N4O2/c1-45(2,30-13-4-3-5-14-30)36-27-44-46-28-43(36)51-42-22-11-10-21-40(42)48-29-47(38-19-8-9-20-39(38)48)31-15-12-16-32(25-31)50-33-23-24-35-34-17-6-7-18-37(34)49(44)41(35)26-33/h3-28H,29H2,1-2H3. The molecule has 0 saturated carbocycles. The van der Waals surface area contributed by atoms with Crippen LogP contribution in [0.4, 0.5) is 22.7 Å². The quantitative estimate of drug-likeness (QED) is 0.184. The third-order valence-corrected chi connectivity index (χ3v) is 10.4. The maximum atomic E-state index is 7.04. The summed E-state index contributed by atoms with van der Waals surface area (Å²) in [7, 11) is 0. The predicted octanol–water partition coefficient (Wildman–Crippen LogP) is 11.6. The van der Waals surface area contributed by atoms with E-state index >= 15 is 0 Å². The summed E-state index contributed by atoms with van der Waals surface area (Å²) in [6.45, 7) is 5.12. The van der Waals surface area contributed by atoms with E-state index in [4.69, 9.17) is 14.5 Å². The molecule has 0 aliphatic carbocycles. The van der Waals surface area contributed by atoms with Gasteiger partial charge in [-0.15, -0.1) is 0 Å². The second-order valence-corrected chi connectivity index (χ2v) is 13.7. The highest BCUT2D eigenvalue weighted by molar-refractivity contribution is 6.09. The van der Waals surface area contributed by atoms with Crippen molar-refractivity contribution in [3.8, 4) is 28.8 Å². The van der Waals surface area contributed by atoms with Crippen molar-refractivity contribution in [3.63, 3.8) is 0 Å². The highest BCUT2D eigenvalue weighted by atomic mass is 16.5. The molecule has 51 heavy (non-hydrogen) atoms. The first-order valence-corrected chi connectivity index (χ1v) is 17.3. The molecular formula is C45H34N4O2. The van der Waals surface area contributed by atoms with Gasteiger partial charge in [0.1, 0.15) is 29.7 Å². The number of fused-ring (bicyclic) bond motifs is 5. The minimum Gasteiger partial charge on any atom is -0.457 e. The van der Waals surface area contributed by atoms with Gasteiger partial charge < -0.3 is 19.3 Å². The maximum Gasteiger partial charge on any atom is 0.151 e. The molecule has 3 aliphatic rings. The first kappa shape index (κ1) is 29.4. The van der Waals surface area contributed by atoms with Gasteiger partial charge in [-0.25, -0.2) is 4.98 Å². The normalized spacial score (nSPS) is 13.5. The SMILES string of the molecule is CC(C)(c1ccccc1)c1cc2ncc1Oc1ccccc1N1CN(c3cccc(c3)Oc3ccc4c5ccccc5n-2c4c3)c2ccccc21. The minimum atomic E-state index is -0.420. The molecule has 5 heterocycles. The van der Waals surface area contributed by atoms with E-state index in [0.717, 1.165) is 73.2 Å². The van der Waals surface area contributed by atoms with Crippen molar-refractivity contribution in [1.82, 2.24) is 9.55 Å². The smallest absolute Gasteiger partial charge is 0.151 e. The van der Waals surface area contributed by atoms with Crippen LogP contribution in [0.3, 0.4) is 0 Å². The molecule has 3 aliphatic heterocycles. The highest BCUT2D eigenvalue weighted by Crippen LogP contribution is 2.49. The molecular weight excluding hydrogens is 629 g/mol. The molecule has 0 N–H and O–H groups in total. The molecule has 2 aromatic heterocycles. The van der Waals surface area contributed by atoms with Gasteiger partial charge in [0.15, 0.2) is 5.75 Å². The number of aromatic nitrogens is 2. The second-order valence-electron chi connectivity index (χ2n) is 13.7. The van der Waals surface area contributed by atoms with Crippen molar-refractivity contribution in [2.24, 2.45) is 0 Å². The van der Waals surface area contributed by atoms with Crippen LogP contribution in [-0.4, -0.2) is 16.2 Å². The summed E-state index contributed by atoms with van der Waals surface area (Å²) in [6.07, 6.45) is 1.89. The van der Waals surface area contributed by atoms with E-state index < -0.39 is 5.41 Å². The zero-order valence-corrected chi connectivity index (χ0v) is 28.3. The van der Waals surface area contributed by atoms with E-state index in [9.17, 15) is 0 Å². The Morgan fingerprint density at radius 3 is 2.12 bits per heavy atom. The Morgan fingerprint density at radius 2 is 1.25 bits per heavy atom. The molecule has 0 atom stereocenters. The van der Waals surface area contributed by atoms with Crippen LogP contribution in [0, 0.1) is 0 Å². The van der Waals surface area contributed by atoms with E-state index in [1.165, 1.54) is 5.56 Å². The Bertz CT molecular complexity index is 2630. The second kappa shape index (κ2) is 11.3. The number of benzene rings is 6. The third kappa shape index (κ3) is 4.67. The fourth-order valence-electron chi connectivity index (χ4n) is 7.77. The lowest BCUT2D eigenvalue weighted by atomic mass is 9.78. The van der Waals surface area contributed by atoms with Crippen molar-refractivity contribution in [2.45, 2.75) is 19.3 Å². The molecule has 0 saturated heterocycles. The molecule has 0 spiro atoms. The van der Waals surface area contributed by atoms with Gasteiger partial charge in [-0.05, 0) is 66.2 Å². The van der Waals surface area contributed by atoms with Gasteiger partial charge in [-0.3, -0.25) is 4.57 Å². The van der Waals surface area contributed by atoms with E-state index in [2.05, 4.69) is 168 Å². The number of anilines is 4. The average molecular weight is 663 g/mol. The molecule has 6 nitrogen and oxygen atoms in total. The third-order valence-electron chi connectivity index (χ3n) is 10.4. The summed E-state index contributed by atoms with van der Waals surface area (Å²) in [5, 5.41) is 2.29. The molecule has 0 fully saturated rings. The van der Waals surface area contributed by atoms with Gasteiger partial charge >= 0.3 is 0 Å². The lowest BCUT2D eigenvalue weighted by molar-refractivity contribution is 0.459. The van der Waals surface area contributed by atoms with Crippen LogP contribution in [0.5, 0.6) is 23.0 Å². The number of rotatable bonds is 2. The molecule has 6 heteroatoms. The Labute approximate surface area is 296 Å². The van der Waals surface area contributed by atoms with Crippen molar-refractivity contribution >= 4 is 44.6 Å². The number of ether oxygens (including phenoxy) is 2. The topological polar surface area (TPSA) is 42.8 Å². The molecule has 11 rings (SSSR count). The Balaban J connectivity index is 1.26. The predicted molar refractivity (Wildman–Crippen MR) is 206 cm³/mol. The van der Waals surface area contributed by atoms with Crippen molar-refractivity contribution in [3.05, 3.63) is 169 Å². The van der Waals surface area contributed by atoms with Gasteiger partial charge in [0.05, 0.1) is 34.3 Å². The number of hydrogen-bond acceptors (Lipinski definition) is 5.